The fourth-order valence-electron chi connectivity index (χ4n) is 9.06. The fourth-order valence-corrected chi connectivity index (χ4v) is 9.06. The van der Waals surface area contributed by atoms with Crippen LogP contribution in [0, 0.1) is 5.92 Å². The number of methoxy groups -OCH3 is 2. The Balaban J connectivity index is 0.998. The number of aromatic amines is 1. The molecule has 0 bridgehead atoms. The predicted octanol–water partition coefficient (Wildman–Crippen LogP) is 7.22. The van der Waals surface area contributed by atoms with Gasteiger partial charge >= 0.3 is 12.2 Å². The zero-order chi connectivity index (χ0) is 46.4. The summed E-state index contributed by atoms with van der Waals surface area (Å²) in [5, 5.41) is 9.09. The van der Waals surface area contributed by atoms with Crippen LogP contribution in [0.25, 0.3) is 22.8 Å². The highest BCUT2D eigenvalue weighted by atomic mass is 16.5. The van der Waals surface area contributed by atoms with E-state index in [2.05, 4.69) is 69.5 Å². The standard InChI is InChI=1S/C51H64N8O7/c1-5-25-58(48(60)46(56-50(62)64-3)36-11-8-7-9-12-36)32-44-52-24-10-13-38-29-39(18-19-41(38)31-53-44)34-14-16-35(17-15-34)40-20-21-42-43(30-40)55-45(54-42)33-59(26-6-2)49(61)47(57-51(63)65-4)37-22-27-66-28-23-37/h7-9,11-12,14-19,29-30,37,46-47H,5-6,10,13,20-28,31-33H2,1-4H3,(H,52,53)(H,54,55)(H,56,62)(H,57,63)/t46-,47+/m1/s1. The number of aliphatic imine (C=N–C) groups is 1. The van der Waals surface area contributed by atoms with E-state index in [1.54, 1.807) is 9.80 Å². The Morgan fingerprint density at radius 1 is 0.788 bits per heavy atom. The van der Waals surface area contributed by atoms with Gasteiger partial charge in [0, 0.05) is 39.4 Å². The Morgan fingerprint density at radius 2 is 1.47 bits per heavy atom. The molecule has 4 amide bonds. The van der Waals surface area contributed by atoms with Gasteiger partial charge in [-0.1, -0.05) is 86.6 Å². The van der Waals surface area contributed by atoms with E-state index in [0.29, 0.717) is 70.9 Å². The number of fused-ring (bicyclic) bond motifs is 2. The van der Waals surface area contributed by atoms with Crippen LogP contribution in [0.1, 0.15) is 97.9 Å². The molecular weight excluding hydrogens is 837 g/mol. The molecule has 2 atom stereocenters. The highest BCUT2D eigenvalue weighted by Gasteiger charge is 2.35. The Bertz CT molecular complexity index is 2360. The summed E-state index contributed by atoms with van der Waals surface area (Å²) in [7, 11) is 2.60. The summed E-state index contributed by atoms with van der Waals surface area (Å²) >= 11 is 0. The second-order valence-electron chi connectivity index (χ2n) is 17.1. The summed E-state index contributed by atoms with van der Waals surface area (Å²) in [6.07, 6.45) is 7.16. The Labute approximate surface area is 387 Å². The monoisotopic (exact) mass is 900 g/mol. The van der Waals surface area contributed by atoms with Crippen molar-refractivity contribution in [2.24, 2.45) is 10.9 Å². The average Bonchev–Trinajstić information content (AvgIpc) is 3.80. The summed E-state index contributed by atoms with van der Waals surface area (Å²) in [5.41, 5.74) is 9.75. The lowest BCUT2D eigenvalue weighted by Crippen LogP contribution is -2.53. The Hall–Kier alpha value is -6.48. The van der Waals surface area contributed by atoms with Gasteiger partial charge in [-0.05, 0) is 102 Å². The van der Waals surface area contributed by atoms with Gasteiger partial charge in [-0.15, -0.1) is 0 Å². The molecular formula is C51H64N8O7. The van der Waals surface area contributed by atoms with Gasteiger partial charge in [-0.3, -0.25) is 14.6 Å². The van der Waals surface area contributed by atoms with Crippen LogP contribution in [0.3, 0.4) is 0 Å². The summed E-state index contributed by atoms with van der Waals surface area (Å²) in [6.45, 7) is 8.03. The molecule has 1 fully saturated rings. The third-order valence-corrected chi connectivity index (χ3v) is 12.6. The van der Waals surface area contributed by atoms with Crippen molar-refractivity contribution in [3.05, 3.63) is 112 Å². The molecule has 0 saturated carbocycles. The number of aromatic nitrogens is 2. The molecule has 0 unspecified atom stereocenters. The van der Waals surface area contributed by atoms with Gasteiger partial charge < -0.3 is 44.9 Å². The third kappa shape index (κ3) is 12.0. The number of nitrogens with one attached hydrogen (secondary N) is 4. The van der Waals surface area contributed by atoms with Crippen LogP contribution in [-0.2, 0) is 49.7 Å². The van der Waals surface area contributed by atoms with Gasteiger partial charge in [-0.25, -0.2) is 14.6 Å². The number of nitrogens with zero attached hydrogens (tertiary/aromatic N) is 4. The number of amides is 4. The molecule has 4 N–H and O–H groups in total. The minimum absolute atomic E-state index is 0.0347. The van der Waals surface area contributed by atoms with Crippen molar-refractivity contribution in [3.8, 4) is 11.1 Å². The van der Waals surface area contributed by atoms with Crippen molar-refractivity contribution < 1.29 is 33.4 Å². The van der Waals surface area contributed by atoms with Crippen LogP contribution in [0.5, 0.6) is 0 Å². The van der Waals surface area contributed by atoms with Crippen molar-refractivity contribution in [2.75, 3.05) is 53.6 Å². The Kier molecular flexibility index (Phi) is 16.6. The number of carbonyl (C=O) groups excluding carboxylic acids is 4. The van der Waals surface area contributed by atoms with Crippen molar-refractivity contribution in [1.82, 2.24) is 35.7 Å². The summed E-state index contributed by atoms with van der Waals surface area (Å²) in [4.78, 5) is 69.5. The number of amidine groups is 1. The molecule has 66 heavy (non-hydrogen) atoms. The van der Waals surface area contributed by atoms with Crippen LogP contribution < -0.4 is 16.0 Å². The zero-order valence-electron chi connectivity index (χ0n) is 38.7. The molecule has 0 spiro atoms. The van der Waals surface area contributed by atoms with Crippen molar-refractivity contribution >= 4 is 41.5 Å². The van der Waals surface area contributed by atoms with E-state index in [1.807, 2.05) is 44.2 Å². The average molecular weight is 901 g/mol. The number of hydrogen-bond acceptors (Lipinski definition) is 10. The van der Waals surface area contributed by atoms with Gasteiger partial charge in [0.1, 0.15) is 23.7 Å². The van der Waals surface area contributed by atoms with E-state index in [9.17, 15) is 19.2 Å². The summed E-state index contributed by atoms with van der Waals surface area (Å²) in [5.74, 6) is 1.07. The first kappa shape index (κ1) is 47.5. The van der Waals surface area contributed by atoms with Crippen LogP contribution in [-0.4, -0.2) is 109 Å². The number of H-pyrrole nitrogens is 1. The quantitative estimate of drug-likeness (QED) is 0.0904. The molecule has 3 aliphatic rings. The maximum Gasteiger partial charge on any atom is 0.407 e. The molecule has 15 nitrogen and oxygen atoms in total. The molecule has 7 rings (SSSR count). The second-order valence-corrected chi connectivity index (χ2v) is 17.1. The molecule has 3 heterocycles. The topological polar surface area (TPSA) is 180 Å². The third-order valence-electron chi connectivity index (χ3n) is 12.6. The van der Waals surface area contributed by atoms with Gasteiger partial charge in [0.25, 0.3) is 0 Å². The molecule has 2 aliphatic heterocycles. The van der Waals surface area contributed by atoms with E-state index in [1.165, 1.54) is 30.9 Å². The first-order valence-electron chi connectivity index (χ1n) is 23.3. The van der Waals surface area contributed by atoms with Crippen molar-refractivity contribution in [3.63, 3.8) is 0 Å². The predicted molar refractivity (Wildman–Crippen MR) is 254 cm³/mol. The number of allylic oxidation sites excluding steroid dienone is 1. The number of aryl methyl sites for hydroxylation is 2. The smallest absolute Gasteiger partial charge is 0.407 e. The molecule has 1 aliphatic carbocycles. The van der Waals surface area contributed by atoms with E-state index in [0.717, 1.165) is 78.3 Å². The van der Waals surface area contributed by atoms with Crippen LogP contribution in [0.2, 0.25) is 0 Å². The Morgan fingerprint density at radius 3 is 2.18 bits per heavy atom. The van der Waals surface area contributed by atoms with Crippen molar-refractivity contribution in [1.29, 1.82) is 0 Å². The molecule has 4 aromatic rings. The maximum atomic E-state index is 14.0. The van der Waals surface area contributed by atoms with Gasteiger partial charge in [0.15, 0.2) is 0 Å². The van der Waals surface area contributed by atoms with Crippen LogP contribution in [0.15, 0.2) is 77.8 Å². The van der Waals surface area contributed by atoms with E-state index in [-0.39, 0.29) is 17.7 Å². The van der Waals surface area contributed by atoms with Gasteiger partial charge in [-0.2, -0.15) is 0 Å². The second kappa shape index (κ2) is 23.1. The normalized spacial score (nSPS) is 16.7. The number of hydrogen-bond donors (Lipinski definition) is 4. The SMILES string of the molecule is CCCN(Cc1nc2c([nH]1)C=C(c1ccc(-c3ccc4c(c3)CCC/N=C(/CN(CCC)C(=O)[C@H](NC(=O)OC)c3ccccc3)NC4)cc1)CC2)C(=O)[C@@H](NC(=O)OC)C1CCOCC1. The number of ether oxygens (including phenoxy) is 3. The number of imidazole rings is 1. The number of carbonyl (C=O) groups is 4. The largest absolute Gasteiger partial charge is 0.453 e. The number of alkyl carbamates (subject to hydrolysis) is 2. The highest BCUT2D eigenvalue weighted by molar-refractivity contribution is 5.92. The van der Waals surface area contributed by atoms with Crippen LogP contribution in [0.4, 0.5) is 9.59 Å². The highest BCUT2D eigenvalue weighted by Crippen LogP contribution is 2.32. The van der Waals surface area contributed by atoms with Gasteiger partial charge in [0.2, 0.25) is 11.8 Å². The summed E-state index contributed by atoms with van der Waals surface area (Å²) < 4.78 is 15.3. The lowest BCUT2D eigenvalue weighted by molar-refractivity contribution is -0.136. The first-order valence-corrected chi connectivity index (χ1v) is 23.3. The molecule has 15 heteroatoms. The maximum absolute atomic E-state index is 14.0. The zero-order valence-corrected chi connectivity index (χ0v) is 38.7. The van der Waals surface area contributed by atoms with E-state index in [4.69, 9.17) is 24.2 Å². The molecule has 3 aromatic carbocycles. The molecule has 1 aromatic heterocycles. The lowest BCUT2D eigenvalue weighted by atomic mass is 9.90. The lowest BCUT2D eigenvalue weighted by Gasteiger charge is -2.33. The number of rotatable bonds is 16. The number of benzene rings is 3. The molecule has 0 radical (unpaired) electrons. The molecule has 1 saturated heterocycles. The molecule has 350 valence electrons. The van der Waals surface area contributed by atoms with Crippen LogP contribution >= 0.6 is 0 Å². The van der Waals surface area contributed by atoms with Crippen molar-refractivity contribution in [2.45, 2.75) is 90.4 Å². The van der Waals surface area contributed by atoms with E-state index < -0.39 is 24.3 Å². The fraction of sp³-hybridized carbons (Fsp3) is 0.451. The first-order chi connectivity index (χ1) is 32.2. The minimum atomic E-state index is -0.888. The van der Waals surface area contributed by atoms with Gasteiger partial charge in [0.05, 0.1) is 38.7 Å². The summed E-state index contributed by atoms with van der Waals surface area (Å²) in [6, 6.07) is 23.0. The van der Waals surface area contributed by atoms with E-state index >= 15 is 0 Å². The minimum Gasteiger partial charge on any atom is -0.453 e.